The number of hydrogen-bond donors (Lipinski definition) is 1. The average molecular weight is 234 g/mol. The zero-order valence-corrected chi connectivity index (χ0v) is 10.3. The van der Waals surface area contributed by atoms with Crippen LogP contribution in [-0.4, -0.2) is 18.2 Å². The number of carboxylic acid groups (broad SMARTS) is 1. The van der Waals surface area contributed by atoms with Crippen molar-refractivity contribution in [1.82, 2.24) is 0 Å². The molecule has 3 heteroatoms. The second-order valence-electron chi connectivity index (χ2n) is 4.88. The molecule has 1 N–H and O–H groups in total. The van der Waals surface area contributed by atoms with Gasteiger partial charge in [0.25, 0.3) is 0 Å². The van der Waals surface area contributed by atoms with Gasteiger partial charge in [0.1, 0.15) is 5.75 Å². The first-order chi connectivity index (χ1) is 8.10. The molecule has 1 aromatic carbocycles. The zero-order valence-electron chi connectivity index (χ0n) is 10.3. The summed E-state index contributed by atoms with van der Waals surface area (Å²) in [5.74, 6) is 1.04. The van der Waals surface area contributed by atoms with Gasteiger partial charge >= 0.3 is 5.97 Å². The van der Waals surface area contributed by atoms with Gasteiger partial charge in [-0.15, -0.1) is 0 Å². The quantitative estimate of drug-likeness (QED) is 0.871. The highest BCUT2D eigenvalue weighted by molar-refractivity contribution is 5.67. The van der Waals surface area contributed by atoms with Crippen molar-refractivity contribution >= 4 is 5.97 Å². The van der Waals surface area contributed by atoms with Crippen LogP contribution in [0.2, 0.25) is 0 Å². The van der Waals surface area contributed by atoms with E-state index in [-0.39, 0.29) is 0 Å². The largest absolute Gasteiger partial charge is 0.496 e. The number of methoxy groups -OCH3 is 1. The van der Waals surface area contributed by atoms with E-state index < -0.39 is 5.97 Å². The minimum atomic E-state index is -0.690. The molecular weight excluding hydrogens is 216 g/mol. The van der Waals surface area contributed by atoms with Gasteiger partial charge in [-0.2, -0.15) is 0 Å². The number of ether oxygens (including phenoxy) is 1. The van der Waals surface area contributed by atoms with Gasteiger partial charge in [0, 0.05) is 6.42 Å². The maximum atomic E-state index is 10.6. The molecule has 1 fully saturated rings. The number of aliphatic carboxylic acids is 1. The summed E-state index contributed by atoms with van der Waals surface area (Å²) < 4.78 is 5.36. The van der Waals surface area contributed by atoms with E-state index in [0.717, 1.165) is 18.6 Å². The molecule has 1 aromatic rings. The van der Waals surface area contributed by atoms with Crippen molar-refractivity contribution in [2.75, 3.05) is 7.11 Å². The fourth-order valence-corrected chi connectivity index (χ4v) is 2.58. The van der Waals surface area contributed by atoms with Crippen molar-refractivity contribution in [3.8, 4) is 5.75 Å². The Morgan fingerprint density at radius 3 is 2.76 bits per heavy atom. The second-order valence-corrected chi connectivity index (χ2v) is 4.88. The molecule has 0 radical (unpaired) electrons. The molecule has 0 unspecified atom stereocenters. The zero-order chi connectivity index (χ0) is 12.4. The lowest BCUT2D eigenvalue weighted by Gasteiger charge is -2.35. The van der Waals surface area contributed by atoms with Gasteiger partial charge in [-0.1, -0.05) is 17.7 Å². The third kappa shape index (κ3) is 2.60. The van der Waals surface area contributed by atoms with Gasteiger partial charge in [0.15, 0.2) is 0 Å². The first kappa shape index (κ1) is 12.0. The monoisotopic (exact) mass is 234 g/mol. The molecule has 0 atom stereocenters. The Kier molecular flexibility index (Phi) is 3.36. The Labute approximate surface area is 101 Å². The Bertz CT molecular complexity index is 419. The molecule has 0 spiro atoms. The van der Waals surface area contributed by atoms with Crippen molar-refractivity contribution in [3.63, 3.8) is 0 Å². The summed E-state index contributed by atoms with van der Waals surface area (Å²) in [7, 11) is 1.68. The van der Waals surface area contributed by atoms with E-state index in [9.17, 15) is 4.79 Å². The number of aryl methyl sites for hydroxylation is 1. The number of benzene rings is 1. The molecule has 0 saturated heterocycles. The molecule has 0 aromatic heterocycles. The van der Waals surface area contributed by atoms with E-state index in [0.29, 0.717) is 18.3 Å². The van der Waals surface area contributed by atoms with E-state index in [1.54, 1.807) is 7.11 Å². The topological polar surface area (TPSA) is 46.5 Å². The Balaban J connectivity index is 2.05. The van der Waals surface area contributed by atoms with Crippen LogP contribution in [0.4, 0.5) is 0 Å². The van der Waals surface area contributed by atoms with Gasteiger partial charge in [-0.3, -0.25) is 4.79 Å². The summed E-state index contributed by atoms with van der Waals surface area (Å²) in [6.45, 7) is 2.07. The minimum absolute atomic E-state index is 0.296. The smallest absolute Gasteiger partial charge is 0.303 e. The molecule has 17 heavy (non-hydrogen) atoms. The van der Waals surface area contributed by atoms with Crippen molar-refractivity contribution in [1.29, 1.82) is 0 Å². The summed E-state index contributed by atoms with van der Waals surface area (Å²) in [4.78, 5) is 10.6. The lowest BCUT2D eigenvalue weighted by Crippen LogP contribution is -2.24. The summed E-state index contributed by atoms with van der Waals surface area (Å²) in [6.07, 6.45) is 2.23. The van der Waals surface area contributed by atoms with Crippen LogP contribution in [0.25, 0.3) is 0 Å². The molecule has 0 bridgehead atoms. The normalized spacial score (nSPS) is 22.9. The molecule has 1 aliphatic carbocycles. The van der Waals surface area contributed by atoms with Crippen molar-refractivity contribution in [2.45, 2.75) is 32.1 Å². The number of carboxylic acids is 1. The van der Waals surface area contributed by atoms with Gasteiger partial charge in [-0.05, 0) is 43.2 Å². The Hall–Kier alpha value is -1.51. The molecule has 0 heterocycles. The van der Waals surface area contributed by atoms with Gasteiger partial charge in [0.2, 0.25) is 0 Å². The van der Waals surface area contributed by atoms with Crippen LogP contribution < -0.4 is 4.74 Å². The highest BCUT2D eigenvalue weighted by Gasteiger charge is 2.33. The predicted molar refractivity (Wildman–Crippen MR) is 65.4 cm³/mol. The third-order valence-corrected chi connectivity index (χ3v) is 3.52. The van der Waals surface area contributed by atoms with Gasteiger partial charge < -0.3 is 9.84 Å². The van der Waals surface area contributed by atoms with Gasteiger partial charge in [-0.25, -0.2) is 0 Å². The van der Waals surface area contributed by atoms with Crippen LogP contribution in [0, 0.1) is 12.8 Å². The summed E-state index contributed by atoms with van der Waals surface area (Å²) >= 11 is 0. The van der Waals surface area contributed by atoms with Crippen molar-refractivity contribution in [3.05, 3.63) is 29.3 Å². The summed E-state index contributed by atoms with van der Waals surface area (Å²) in [5.41, 5.74) is 2.46. The van der Waals surface area contributed by atoms with Crippen molar-refractivity contribution < 1.29 is 14.6 Å². The van der Waals surface area contributed by atoms with Crippen molar-refractivity contribution in [2.24, 2.45) is 5.92 Å². The van der Waals surface area contributed by atoms with Crippen LogP contribution in [0.3, 0.4) is 0 Å². The molecule has 92 valence electrons. The summed E-state index contributed by atoms with van der Waals surface area (Å²) in [6, 6.07) is 6.19. The first-order valence-electron chi connectivity index (χ1n) is 5.96. The molecular formula is C14H18O3. The minimum Gasteiger partial charge on any atom is -0.496 e. The lowest BCUT2D eigenvalue weighted by atomic mass is 9.69. The number of rotatable bonds is 4. The number of hydrogen-bond acceptors (Lipinski definition) is 2. The standard InChI is InChI=1S/C14H18O3/c1-9-3-4-13(17-2)12(5-9)11-6-10(7-11)8-14(15)16/h3-5,10-11H,6-8H2,1-2H3,(H,15,16). The van der Waals surface area contributed by atoms with Crippen LogP contribution in [0.15, 0.2) is 18.2 Å². The molecule has 2 rings (SSSR count). The predicted octanol–water partition coefficient (Wildman–Crippen LogP) is 2.97. The fraction of sp³-hybridized carbons (Fsp3) is 0.500. The third-order valence-electron chi connectivity index (χ3n) is 3.52. The van der Waals surface area contributed by atoms with Crippen LogP contribution in [0.5, 0.6) is 5.75 Å². The van der Waals surface area contributed by atoms with E-state index in [2.05, 4.69) is 13.0 Å². The maximum Gasteiger partial charge on any atom is 0.303 e. The Morgan fingerprint density at radius 1 is 1.47 bits per heavy atom. The highest BCUT2D eigenvalue weighted by Crippen LogP contribution is 2.46. The average Bonchev–Trinajstić information content (AvgIpc) is 2.22. The van der Waals surface area contributed by atoms with Crippen LogP contribution in [0.1, 0.15) is 36.3 Å². The maximum absolute atomic E-state index is 10.6. The fourth-order valence-electron chi connectivity index (χ4n) is 2.58. The summed E-state index contributed by atoms with van der Waals surface area (Å²) in [5, 5.41) is 8.73. The molecule has 0 aliphatic heterocycles. The molecule has 0 amide bonds. The molecule has 3 nitrogen and oxygen atoms in total. The second kappa shape index (κ2) is 4.78. The van der Waals surface area contributed by atoms with Crippen LogP contribution >= 0.6 is 0 Å². The lowest BCUT2D eigenvalue weighted by molar-refractivity contribution is -0.138. The van der Waals surface area contributed by atoms with Gasteiger partial charge in [0.05, 0.1) is 7.11 Å². The van der Waals surface area contributed by atoms with Crippen LogP contribution in [-0.2, 0) is 4.79 Å². The van der Waals surface area contributed by atoms with E-state index in [1.165, 1.54) is 11.1 Å². The molecule has 1 saturated carbocycles. The molecule has 1 aliphatic rings. The highest BCUT2D eigenvalue weighted by atomic mass is 16.5. The first-order valence-corrected chi connectivity index (χ1v) is 5.96. The Morgan fingerprint density at radius 2 is 2.18 bits per heavy atom. The number of carbonyl (C=O) groups is 1. The van der Waals surface area contributed by atoms with E-state index in [1.807, 2.05) is 12.1 Å². The van der Waals surface area contributed by atoms with E-state index >= 15 is 0 Å². The van der Waals surface area contributed by atoms with E-state index in [4.69, 9.17) is 9.84 Å². The SMILES string of the molecule is COc1ccc(C)cc1C1CC(CC(=O)O)C1.